The smallest absolute Gasteiger partial charge is 0.129 e. The number of anilines is 1. The van der Waals surface area contributed by atoms with Crippen molar-refractivity contribution in [1.82, 2.24) is 4.90 Å². The molecule has 0 aromatic heterocycles. The number of nitrogens with zero attached hydrogens (tertiary/aromatic N) is 2. The molecule has 3 aliphatic rings. The molecule has 2 heterocycles. The van der Waals surface area contributed by atoms with Crippen molar-refractivity contribution in [1.29, 1.82) is 0 Å². The van der Waals surface area contributed by atoms with E-state index in [4.69, 9.17) is 0 Å². The van der Waals surface area contributed by atoms with Crippen LogP contribution in [-0.2, 0) is 6.42 Å². The Morgan fingerprint density at radius 1 is 0.917 bits per heavy atom. The van der Waals surface area contributed by atoms with Gasteiger partial charge in [-0.25, -0.2) is 4.39 Å². The summed E-state index contributed by atoms with van der Waals surface area (Å²) in [6.07, 6.45) is 5.55. The van der Waals surface area contributed by atoms with Gasteiger partial charge in [0, 0.05) is 24.7 Å². The van der Waals surface area contributed by atoms with Crippen LogP contribution < -0.4 is 4.90 Å². The summed E-state index contributed by atoms with van der Waals surface area (Å²) in [5, 5.41) is 10.1. The molecule has 2 aliphatic heterocycles. The van der Waals surface area contributed by atoms with E-state index in [-0.39, 0.29) is 23.4 Å². The molecular formula is C32H37FN2O. The Kier molecular flexibility index (Phi) is 6.25. The number of aryl methyl sites for hydroxylation is 1. The number of phenols is 1. The molecular weight excluding hydrogens is 447 g/mol. The standard InChI is InChI=1S/C32H37FN2O/c1-2-34-17-14-32(15-18-34)16-19-35(22-32)25-9-12-29(30(33)21-25)31-27(23-6-4-3-5-7-23)11-8-24-20-26(36)10-13-28(24)31/h3-7,9-10,12-13,20-21,27,31,36H,2,8,11,14-19,22H2,1H3/t27-,31+/m1/s1. The fourth-order valence-electron chi connectivity index (χ4n) is 7.12. The molecule has 36 heavy (non-hydrogen) atoms. The van der Waals surface area contributed by atoms with E-state index in [0.717, 1.165) is 54.9 Å². The molecule has 6 rings (SSSR count). The maximum Gasteiger partial charge on any atom is 0.129 e. The van der Waals surface area contributed by atoms with E-state index in [9.17, 15) is 5.11 Å². The molecule has 1 spiro atoms. The number of piperidine rings is 1. The van der Waals surface area contributed by atoms with Crippen molar-refractivity contribution in [2.24, 2.45) is 5.41 Å². The van der Waals surface area contributed by atoms with E-state index >= 15 is 4.39 Å². The molecule has 2 fully saturated rings. The van der Waals surface area contributed by atoms with Crippen LogP contribution in [0, 0.1) is 11.2 Å². The molecule has 0 unspecified atom stereocenters. The van der Waals surface area contributed by atoms with Crippen molar-refractivity contribution in [2.45, 2.75) is 50.9 Å². The van der Waals surface area contributed by atoms with Crippen LogP contribution >= 0.6 is 0 Å². The van der Waals surface area contributed by atoms with Crippen molar-refractivity contribution < 1.29 is 9.50 Å². The predicted molar refractivity (Wildman–Crippen MR) is 144 cm³/mol. The highest BCUT2D eigenvalue weighted by Crippen LogP contribution is 2.48. The third-order valence-corrected chi connectivity index (χ3v) is 9.30. The van der Waals surface area contributed by atoms with Gasteiger partial charge in [-0.05, 0) is 110 Å². The zero-order chi connectivity index (χ0) is 24.7. The van der Waals surface area contributed by atoms with Crippen molar-refractivity contribution in [3.8, 4) is 5.75 Å². The van der Waals surface area contributed by atoms with E-state index in [2.05, 4.69) is 47.1 Å². The summed E-state index contributed by atoms with van der Waals surface area (Å²) in [5.74, 6) is 0.326. The number of hydrogen-bond donors (Lipinski definition) is 1. The summed E-state index contributed by atoms with van der Waals surface area (Å²) in [6.45, 7) is 7.83. The van der Waals surface area contributed by atoms with Crippen molar-refractivity contribution in [3.63, 3.8) is 0 Å². The maximum atomic E-state index is 16.0. The zero-order valence-corrected chi connectivity index (χ0v) is 21.3. The first-order valence-electron chi connectivity index (χ1n) is 13.7. The number of halogens is 1. The number of likely N-dealkylation sites (tertiary alicyclic amines) is 1. The number of rotatable bonds is 4. The average Bonchev–Trinajstić information content (AvgIpc) is 3.32. The number of fused-ring (bicyclic) bond motifs is 1. The Morgan fingerprint density at radius 2 is 1.67 bits per heavy atom. The van der Waals surface area contributed by atoms with Gasteiger partial charge in [0.1, 0.15) is 11.6 Å². The van der Waals surface area contributed by atoms with E-state index in [0.29, 0.717) is 5.41 Å². The van der Waals surface area contributed by atoms with Gasteiger partial charge in [0.2, 0.25) is 0 Å². The van der Waals surface area contributed by atoms with Gasteiger partial charge in [-0.1, -0.05) is 49.4 Å². The van der Waals surface area contributed by atoms with Gasteiger partial charge in [-0.3, -0.25) is 0 Å². The first kappa shape index (κ1) is 23.5. The quantitative estimate of drug-likeness (QED) is 0.446. The lowest BCUT2D eigenvalue weighted by molar-refractivity contribution is 0.125. The van der Waals surface area contributed by atoms with E-state index in [1.165, 1.54) is 37.9 Å². The lowest BCUT2D eigenvalue weighted by Crippen LogP contribution is -2.41. The highest BCUT2D eigenvalue weighted by molar-refractivity contribution is 5.54. The lowest BCUT2D eigenvalue weighted by Gasteiger charge is -2.39. The topological polar surface area (TPSA) is 26.7 Å². The molecule has 3 nitrogen and oxygen atoms in total. The van der Waals surface area contributed by atoms with E-state index in [1.807, 2.05) is 24.3 Å². The monoisotopic (exact) mass is 484 g/mol. The summed E-state index contributed by atoms with van der Waals surface area (Å²) < 4.78 is 16.0. The van der Waals surface area contributed by atoms with Gasteiger partial charge >= 0.3 is 0 Å². The molecule has 3 aromatic rings. The fraction of sp³-hybridized carbons (Fsp3) is 0.438. The van der Waals surface area contributed by atoms with Crippen LogP contribution in [0.25, 0.3) is 0 Å². The molecule has 2 saturated heterocycles. The second-order valence-electron chi connectivity index (χ2n) is 11.2. The Balaban J connectivity index is 1.30. The minimum absolute atomic E-state index is 0.0610. The Labute approximate surface area is 214 Å². The van der Waals surface area contributed by atoms with Crippen molar-refractivity contribution >= 4 is 5.69 Å². The number of hydrogen-bond acceptors (Lipinski definition) is 3. The molecule has 0 bridgehead atoms. The Bertz CT molecular complexity index is 1220. The second kappa shape index (κ2) is 9.55. The van der Waals surface area contributed by atoms with Crippen molar-refractivity contribution in [3.05, 3.63) is 94.8 Å². The molecule has 188 valence electrons. The van der Waals surface area contributed by atoms with Gasteiger partial charge in [0.05, 0.1) is 0 Å². The summed E-state index contributed by atoms with van der Waals surface area (Å²) in [7, 11) is 0. The van der Waals surface area contributed by atoms with Gasteiger partial charge < -0.3 is 14.9 Å². The summed E-state index contributed by atoms with van der Waals surface area (Å²) in [4.78, 5) is 4.96. The summed E-state index contributed by atoms with van der Waals surface area (Å²) in [5.41, 5.74) is 5.71. The van der Waals surface area contributed by atoms with E-state index in [1.54, 1.807) is 12.1 Å². The molecule has 0 amide bonds. The van der Waals surface area contributed by atoms with Crippen LogP contribution in [0.5, 0.6) is 5.75 Å². The molecule has 0 radical (unpaired) electrons. The molecule has 1 aliphatic carbocycles. The van der Waals surface area contributed by atoms with E-state index < -0.39 is 0 Å². The number of benzene rings is 3. The van der Waals surface area contributed by atoms with Crippen LogP contribution in [0.4, 0.5) is 10.1 Å². The first-order chi connectivity index (χ1) is 17.5. The largest absolute Gasteiger partial charge is 0.508 e. The highest BCUT2D eigenvalue weighted by atomic mass is 19.1. The van der Waals surface area contributed by atoms with Crippen LogP contribution in [0.15, 0.2) is 66.7 Å². The minimum atomic E-state index is -0.110. The normalized spacial score (nSPS) is 23.7. The molecule has 1 N–H and O–H groups in total. The third kappa shape index (κ3) is 4.30. The van der Waals surface area contributed by atoms with Crippen LogP contribution in [-0.4, -0.2) is 42.7 Å². The molecule has 3 aromatic carbocycles. The average molecular weight is 485 g/mol. The van der Waals surface area contributed by atoms with Gasteiger partial charge in [0.15, 0.2) is 0 Å². The molecule has 4 heteroatoms. The van der Waals surface area contributed by atoms with Crippen LogP contribution in [0.1, 0.15) is 66.7 Å². The predicted octanol–water partition coefficient (Wildman–Crippen LogP) is 6.71. The van der Waals surface area contributed by atoms with Crippen LogP contribution in [0.2, 0.25) is 0 Å². The third-order valence-electron chi connectivity index (χ3n) is 9.30. The Hall–Kier alpha value is -2.85. The highest BCUT2D eigenvalue weighted by Gasteiger charge is 2.41. The SMILES string of the molecule is CCN1CCC2(CC1)CCN(c1ccc([C@@H]3c4ccc(O)cc4CC[C@@H]3c3ccccc3)c(F)c1)C2. The maximum absolute atomic E-state index is 16.0. The van der Waals surface area contributed by atoms with Crippen molar-refractivity contribution in [2.75, 3.05) is 37.6 Å². The zero-order valence-electron chi connectivity index (χ0n) is 21.3. The first-order valence-corrected chi connectivity index (χ1v) is 13.7. The second-order valence-corrected chi connectivity index (χ2v) is 11.2. The fourth-order valence-corrected chi connectivity index (χ4v) is 7.12. The van der Waals surface area contributed by atoms with Gasteiger partial charge in [-0.2, -0.15) is 0 Å². The Morgan fingerprint density at radius 3 is 2.42 bits per heavy atom. The summed E-state index contributed by atoms with van der Waals surface area (Å²) >= 11 is 0. The summed E-state index contributed by atoms with van der Waals surface area (Å²) in [6, 6.07) is 22.1. The molecule has 0 saturated carbocycles. The van der Waals surface area contributed by atoms with Gasteiger partial charge in [-0.15, -0.1) is 0 Å². The van der Waals surface area contributed by atoms with Gasteiger partial charge in [0.25, 0.3) is 0 Å². The number of aromatic hydroxyl groups is 1. The minimum Gasteiger partial charge on any atom is -0.508 e. The lowest BCUT2D eigenvalue weighted by atomic mass is 9.69. The van der Waals surface area contributed by atoms with Crippen LogP contribution in [0.3, 0.4) is 0 Å². The molecule has 2 atom stereocenters. The number of phenolic OH excluding ortho intramolecular Hbond substituents is 1.